The van der Waals surface area contributed by atoms with Gasteiger partial charge in [0.15, 0.2) is 6.39 Å². The SMILES string of the molecule is Cc1ncoc1CCl.O=S(=O)(O)CCS(=O)(=O)O. The predicted octanol–water partition coefficient (Wildman–Crippen LogP) is 0.484. The second-order valence-electron chi connectivity index (χ2n) is 3.07. The molecule has 0 bridgehead atoms. The van der Waals surface area contributed by atoms with E-state index in [0.717, 1.165) is 11.5 Å². The van der Waals surface area contributed by atoms with Gasteiger partial charge in [-0.1, -0.05) is 0 Å². The van der Waals surface area contributed by atoms with E-state index in [0.29, 0.717) is 5.88 Å². The smallest absolute Gasteiger partial charge is 0.265 e. The highest BCUT2D eigenvalue weighted by molar-refractivity contribution is 7.89. The number of nitrogens with zero attached hydrogens (tertiary/aromatic N) is 1. The third-order valence-corrected chi connectivity index (χ3v) is 3.51. The fourth-order valence-electron chi connectivity index (χ4n) is 0.665. The molecule has 0 aromatic carbocycles. The van der Waals surface area contributed by atoms with Crippen LogP contribution in [0.25, 0.3) is 0 Å². The van der Waals surface area contributed by atoms with E-state index in [4.69, 9.17) is 25.1 Å². The van der Waals surface area contributed by atoms with Gasteiger partial charge in [0.05, 0.1) is 23.1 Å². The van der Waals surface area contributed by atoms with E-state index in [1.165, 1.54) is 6.39 Å². The van der Waals surface area contributed by atoms with Crippen molar-refractivity contribution < 1.29 is 30.4 Å². The molecule has 2 N–H and O–H groups in total. The number of rotatable bonds is 4. The lowest BCUT2D eigenvalue weighted by Gasteiger charge is -1.92. The van der Waals surface area contributed by atoms with E-state index >= 15 is 0 Å². The van der Waals surface area contributed by atoms with Crippen LogP contribution in [0.3, 0.4) is 0 Å². The van der Waals surface area contributed by atoms with Gasteiger partial charge in [-0.25, -0.2) is 4.98 Å². The van der Waals surface area contributed by atoms with Crippen LogP contribution >= 0.6 is 11.6 Å². The Bertz CT molecular complexity index is 530. The van der Waals surface area contributed by atoms with Crippen LogP contribution in [0, 0.1) is 6.92 Å². The monoisotopic (exact) mass is 321 g/mol. The first-order valence-electron chi connectivity index (χ1n) is 4.40. The maximum absolute atomic E-state index is 9.86. The van der Waals surface area contributed by atoms with Crippen LogP contribution in [-0.2, 0) is 26.1 Å². The molecule has 1 aromatic rings. The van der Waals surface area contributed by atoms with Crippen molar-refractivity contribution in [3.05, 3.63) is 17.8 Å². The third-order valence-electron chi connectivity index (χ3n) is 1.57. The largest absolute Gasteiger partial charge is 0.447 e. The summed E-state index contributed by atoms with van der Waals surface area (Å²) in [7, 11) is -8.59. The second-order valence-corrected chi connectivity index (χ2v) is 6.48. The highest BCUT2D eigenvalue weighted by Crippen LogP contribution is 2.06. The zero-order chi connectivity index (χ0) is 14.4. The van der Waals surface area contributed by atoms with Gasteiger partial charge < -0.3 is 4.42 Å². The van der Waals surface area contributed by atoms with Crippen LogP contribution in [0.2, 0.25) is 0 Å². The number of alkyl halides is 1. The van der Waals surface area contributed by atoms with Crippen LogP contribution in [0.5, 0.6) is 0 Å². The summed E-state index contributed by atoms with van der Waals surface area (Å²) in [6.07, 6.45) is 1.40. The second kappa shape index (κ2) is 7.04. The van der Waals surface area contributed by atoms with Gasteiger partial charge in [-0.3, -0.25) is 9.11 Å². The molecule has 0 radical (unpaired) electrons. The first-order chi connectivity index (χ1) is 8.05. The standard InChI is InChI=1S/C5H6ClNO.C2H6O6S2/c1-4-5(2-6)8-3-7-4;3-9(4,5)1-2-10(6,7)8/h3H,2H2,1H3;1-2H2,(H,3,4,5)(H,6,7,8). The molecule has 0 saturated heterocycles. The Kier molecular flexibility index (Phi) is 6.78. The Morgan fingerprint density at radius 1 is 1.22 bits per heavy atom. The van der Waals surface area contributed by atoms with Gasteiger partial charge >= 0.3 is 0 Å². The molecule has 8 nitrogen and oxygen atoms in total. The number of oxazole rings is 1. The zero-order valence-electron chi connectivity index (χ0n) is 9.28. The van der Waals surface area contributed by atoms with Crippen LogP contribution in [0.1, 0.15) is 11.5 Å². The van der Waals surface area contributed by atoms with Gasteiger partial charge in [-0.2, -0.15) is 16.8 Å². The lowest BCUT2D eigenvalue weighted by Crippen LogP contribution is -2.15. The minimum atomic E-state index is -4.30. The highest BCUT2D eigenvalue weighted by atomic mass is 35.5. The molecular weight excluding hydrogens is 310 g/mol. The molecule has 0 aliphatic rings. The molecule has 11 heteroatoms. The quantitative estimate of drug-likeness (QED) is 0.604. The topological polar surface area (TPSA) is 135 Å². The Balaban J connectivity index is 0.000000327. The highest BCUT2D eigenvalue weighted by Gasteiger charge is 2.11. The van der Waals surface area contributed by atoms with E-state index in [1.54, 1.807) is 0 Å². The van der Waals surface area contributed by atoms with Crippen molar-refractivity contribution in [3.8, 4) is 0 Å². The van der Waals surface area contributed by atoms with Gasteiger partial charge in [-0.05, 0) is 6.92 Å². The zero-order valence-corrected chi connectivity index (χ0v) is 11.7. The van der Waals surface area contributed by atoms with Crippen LogP contribution in [-0.4, -0.2) is 42.4 Å². The minimum Gasteiger partial charge on any atom is -0.447 e. The molecule has 0 amide bonds. The molecule has 0 unspecified atom stereocenters. The number of aryl methyl sites for hydroxylation is 1. The number of halogens is 1. The summed E-state index contributed by atoms with van der Waals surface area (Å²) >= 11 is 5.44. The molecule has 0 aliphatic carbocycles. The van der Waals surface area contributed by atoms with E-state index in [1.807, 2.05) is 6.92 Å². The first-order valence-corrected chi connectivity index (χ1v) is 8.15. The van der Waals surface area contributed by atoms with Gasteiger partial charge in [0.2, 0.25) is 0 Å². The van der Waals surface area contributed by atoms with Crippen molar-refractivity contribution in [3.63, 3.8) is 0 Å². The Morgan fingerprint density at radius 3 is 1.83 bits per heavy atom. The van der Waals surface area contributed by atoms with Gasteiger partial charge in [-0.15, -0.1) is 11.6 Å². The van der Waals surface area contributed by atoms with Crippen molar-refractivity contribution in [2.75, 3.05) is 11.5 Å². The summed E-state index contributed by atoms with van der Waals surface area (Å²) in [5.41, 5.74) is 0.875. The number of hydrogen-bond acceptors (Lipinski definition) is 6. The van der Waals surface area contributed by atoms with Crippen LogP contribution in [0.4, 0.5) is 0 Å². The molecular formula is C7H12ClNO7S2. The summed E-state index contributed by atoms with van der Waals surface area (Å²) in [5.74, 6) is -0.796. The van der Waals surface area contributed by atoms with Crippen molar-refractivity contribution in [1.82, 2.24) is 4.98 Å². The predicted molar refractivity (Wildman–Crippen MR) is 63.6 cm³/mol. The van der Waals surface area contributed by atoms with Crippen molar-refractivity contribution >= 4 is 31.8 Å². The van der Waals surface area contributed by atoms with Gasteiger partial charge in [0, 0.05) is 0 Å². The molecule has 0 aliphatic heterocycles. The normalized spacial score (nSPS) is 11.8. The van der Waals surface area contributed by atoms with Gasteiger partial charge in [0.1, 0.15) is 5.76 Å². The average molecular weight is 322 g/mol. The summed E-state index contributed by atoms with van der Waals surface area (Å²) in [4.78, 5) is 3.84. The fraction of sp³-hybridized carbons (Fsp3) is 0.571. The van der Waals surface area contributed by atoms with E-state index in [-0.39, 0.29) is 0 Å². The Labute approximate surface area is 109 Å². The van der Waals surface area contributed by atoms with E-state index in [2.05, 4.69) is 4.98 Å². The summed E-state index contributed by atoms with van der Waals surface area (Å²) < 4.78 is 60.3. The van der Waals surface area contributed by atoms with E-state index < -0.39 is 31.7 Å². The van der Waals surface area contributed by atoms with Crippen LogP contribution < -0.4 is 0 Å². The Morgan fingerprint density at radius 2 is 1.67 bits per heavy atom. The molecule has 0 spiro atoms. The molecule has 1 heterocycles. The van der Waals surface area contributed by atoms with Crippen LogP contribution in [0.15, 0.2) is 10.8 Å². The van der Waals surface area contributed by atoms with Crippen molar-refractivity contribution in [2.24, 2.45) is 0 Å². The minimum absolute atomic E-state index is 0.409. The summed E-state index contributed by atoms with van der Waals surface area (Å²) in [6, 6.07) is 0. The lowest BCUT2D eigenvalue weighted by atomic mass is 10.4. The maximum Gasteiger partial charge on any atom is 0.265 e. The third kappa shape index (κ3) is 9.36. The number of hydrogen-bond donors (Lipinski definition) is 2. The first kappa shape index (κ1) is 17.3. The molecule has 1 aromatic heterocycles. The fourth-order valence-corrected chi connectivity index (χ4v) is 2.61. The average Bonchev–Trinajstić information content (AvgIpc) is 2.60. The lowest BCUT2D eigenvalue weighted by molar-refractivity contribution is 0.472. The number of aromatic nitrogens is 1. The summed E-state index contributed by atoms with van der Waals surface area (Å²) in [5, 5.41) is 0. The molecule has 106 valence electrons. The maximum atomic E-state index is 9.86. The molecule has 0 saturated carbocycles. The van der Waals surface area contributed by atoms with Gasteiger partial charge in [0.25, 0.3) is 20.2 Å². The van der Waals surface area contributed by atoms with Crippen molar-refractivity contribution in [1.29, 1.82) is 0 Å². The van der Waals surface area contributed by atoms with E-state index in [9.17, 15) is 16.8 Å². The molecule has 1 rings (SSSR count). The Hall–Kier alpha value is -0.680. The summed E-state index contributed by atoms with van der Waals surface area (Å²) in [6.45, 7) is 1.86. The molecule has 18 heavy (non-hydrogen) atoms. The van der Waals surface area contributed by atoms with Crippen molar-refractivity contribution in [2.45, 2.75) is 12.8 Å². The molecule has 0 atom stereocenters. The molecule has 0 fully saturated rings.